The van der Waals surface area contributed by atoms with Crippen molar-refractivity contribution in [3.63, 3.8) is 0 Å². The molecular weight excluding hydrogens is 278 g/mol. The van der Waals surface area contributed by atoms with E-state index in [-0.39, 0.29) is 17.9 Å². The first-order valence-corrected chi connectivity index (χ1v) is 7.53. The Labute approximate surface area is 124 Å². The first kappa shape index (κ1) is 15.3. The third-order valence-corrected chi connectivity index (χ3v) is 4.39. The van der Waals surface area contributed by atoms with E-state index in [4.69, 9.17) is 11.6 Å². The highest BCUT2D eigenvalue weighted by atomic mass is 35.5. The van der Waals surface area contributed by atoms with Crippen LogP contribution in [0.5, 0.6) is 0 Å². The van der Waals surface area contributed by atoms with Crippen LogP contribution in [-0.4, -0.2) is 44.9 Å². The van der Waals surface area contributed by atoms with E-state index in [0.717, 1.165) is 19.4 Å². The summed E-state index contributed by atoms with van der Waals surface area (Å²) in [5.74, 6) is 0.0746. The second kappa shape index (κ2) is 6.14. The molecule has 2 rings (SSSR count). The molecule has 2 heterocycles. The fourth-order valence-corrected chi connectivity index (χ4v) is 3.13. The van der Waals surface area contributed by atoms with Gasteiger partial charge in [0.1, 0.15) is 5.15 Å². The predicted molar refractivity (Wildman–Crippen MR) is 78.0 cm³/mol. The van der Waals surface area contributed by atoms with Gasteiger partial charge in [-0.3, -0.25) is 9.48 Å². The number of aliphatic hydroxyl groups is 1. The summed E-state index contributed by atoms with van der Waals surface area (Å²) in [5, 5.41) is 14.4. The van der Waals surface area contributed by atoms with Crippen molar-refractivity contribution in [1.29, 1.82) is 0 Å². The Bertz CT molecular complexity index is 499. The second-order valence-corrected chi connectivity index (χ2v) is 5.82. The SMILES string of the molecule is CCn1nc(C)c(C(=O)N2CCCC(C(C)O)C2)c1Cl. The predicted octanol–water partition coefficient (Wildman–Crippen LogP) is 2.10. The van der Waals surface area contributed by atoms with Crippen molar-refractivity contribution in [2.45, 2.75) is 46.3 Å². The van der Waals surface area contributed by atoms with Crippen LogP contribution >= 0.6 is 11.6 Å². The van der Waals surface area contributed by atoms with Crippen LogP contribution in [0.4, 0.5) is 0 Å². The first-order chi connectivity index (χ1) is 9.45. The van der Waals surface area contributed by atoms with E-state index in [1.54, 1.807) is 23.4 Å². The number of likely N-dealkylation sites (tertiary alicyclic amines) is 1. The van der Waals surface area contributed by atoms with Gasteiger partial charge < -0.3 is 10.0 Å². The summed E-state index contributed by atoms with van der Waals surface area (Å²) in [6.07, 6.45) is 1.49. The Balaban J connectivity index is 2.21. The summed E-state index contributed by atoms with van der Waals surface area (Å²) in [6.45, 7) is 7.48. The van der Waals surface area contributed by atoms with Crippen molar-refractivity contribution in [3.05, 3.63) is 16.4 Å². The van der Waals surface area contributed by atoms with Crippen LogP contribution in [0, 0.1) is 12.8 Å². The number of hydrogen-bond donors (Lipinski definition) is 1. The summed E-state index contributed by atoms with van der Waals surface area (Å²) >= 11 is 6.25. The van der Waals surface area contributed by atoms with Gasteiger partial charge in [-0.15, -0.1) is 0 Å². The molecule has 0 spiro atoms. The van der Waals surface area contributed by atoms with Crippen LogP contribution < -0.4 is 0 Å². The molecule has 0 aliphatic carbocycles. The number of rotatable bonds is 3. The van der Waals surface area contributed by atoms with Gasteiger partial charge in [0, 0.05) is 25.6 Å². The van der Waals surface area contributed by atoms with Crippen molar-refractivity contribution in [3.8, 4) is 0 Å². The van der Waals surface area contributed by atoms with Gasteiger partial charge in [-0.05, 0) is 33.6 Å². The summed E-state index contributed by atoms with van der Waals surface area (Å²) in [7, 11) is 0. The lowest BCUT2D eigenvalue weighted by atomic mass is 9.93. The van der Waals surface area contributed by atoms with Crippen LogP contribution in [0.2, 0.25) is 5.15 Å². The lowest BCUT2D eigenvalue weighted by Gasteiger charge is -2.34. The zero-order chi connectivity index (χ0) is 14.9. The molecule has 5 nitrogen and oxygen atoms in total. The molecule has 2 unspecified atom stereocenters. The Morgan fingerprint density at radius 3 is 2.85 bits per heavy atom. The Kier molecular flexibility index (Phi) is 4.70. The number of carbonyl (C=O) groups excluding carboxylic acids is 1. The zero-order valence-electron chi connectivity index (χ0n) is 12.3. The monoisotopic (exact) mass is 299 g/mol. The molecule has 1 aliphatic rings. The number of amides is 1. The number of hydrogen-bond acceptors (Lipinski definition) is 3. The Hall–Kier alpha value is -1.07. The van der Waals surface area contributed by atoms with Gasteiger partial charge in [0.2, 0.25) is 0 Å². The maximum atomic E-state index is 12.6. The largest absolute Gasteiger partial charge is 0.393 e. The average Bonchev–Trinajstić information content (AvgIpc) is 2.72. The number of aliphatic hydroxyl groups excluding tert-OH is 1. The molecule has 0 bridgehead atoms. The maximum Gasteiger partial charge on any atom is 0.258 e. The van der Waals surface area contributed by atoms with Crippen molar-refractivity contribution in [2.75, 3.05) is 13.1 Å². The minimum Gasteiger partial charge on any atom is -0.393 e. The number of carbonyl (C=O) groups is 1. The molecule has 0 aromatic carbocycles. The van der Waals surface area contributed by atoms with E-state index < -0.39 is 0 Å². The molecular formula is C14H22ClN3O2. The minimum atomic E-state index is -0.388. The number of aryl methyl sites for hydroxylation is 2. The van der Waals surface area contributed by atoms with Crippen LogP contribution in [0.3, 0.4) is 0 Å². The number of nitrogens with zero attached hydrogens (tertiary/aromatic N) is 3. The Morgan fingerprint density at radius 2 is 2.30 bits per heavy atom. The molecule has 2 atom stereocenters. The van der Waals surface area contributed by atoms with Crippen molar-refractivity contribution >= 4 is 17.5 Å². The molecule has 6 heteroatoms. The highest BCUT2D eigenvalue weighted by Gasteiger charge is 2.30. The van der Waals surface area contributed by atoms with Crippen molar-refractivity contribution < 1.29 is 9.90 Å². The molecule has 112 valence electrons. The normalized spacial score (nSPS) is 21.1. The topological polar surface area (TPSA) is 58.4 Å². The van der Waals surface area contributed by atoms with Gasteiger partial charge in [0.05, 0.1) is 17.4 Å². The van der Waals surface area contributed by atoms with E-state index in [0.29, 0.717) is 29.5 Å². The van der Waals surface area contributed by atoms with Gasteiger partial charge in [-0.2, -0.15) is 5.10 Å². The van der Waals surface area contributed by atoms with Crippen molar-refractivity contribution in [1.82, 2.24) is 14.7 Å². The standard InChI is InChI=1S/C14H22ClN3O2/c1-4-18-13(15)12(9(2)16-18)14(20)17-7-5-6-11(8-17)10(3)19/h10-11,19H,4-8H2,1-3H3. The zero-order valence-corrected chi connectivity index (χ0v) is 13.0. The lowest BCUT2D eigenvalue weighted by molar-refractivity contribution is 0.0465. The lowest BCUT2D eigenvalue weighted by Crippen LogP contribution is -2.43. The van der Waals surface area contributed by atoms with Crippen LogP contribution in [0.15, 0.2) is 0 Å². The van der Waals surface area contributed by atoms with Gasteiger partial charge in [-0.25, -0.2) is 0 Å². The quantitative estimate of drug-likeness (QED) is 0.930. The van der Waals surface area contributed by atoms with E-state index in [1.165, 1.54) is 0 Å². The smallest absolute Gasteiger partial charge is 0.258 e. The average molecular weight is 300 g/mol. The van der Waals surface area contributed by atoms with Crippen LogP contribution in [-0.2, 0) is 6.54 Å². The fraction of sp³-hybridized carbons (Fsp3) is 0.714. The molecule has 1 fully saturated rings. The summed E-state index contributed by atoms with van der Waals surface area (Å²) < 4.78 is 1.64. The minimum absolute atomic E-state index is 0.0717. The van der Waals surface area contributed by atoms with Gasteiger partial charge in [-0.1, -0.05) is 11.6 Å². The first-order valence-electron chi connectivity index (χ1n) is 7.16. The van der Waals surface area contributed by atoms with E-state index in [2.05, 4.69) is 5.10 Å². The van der Waals surface area contributed by atoms with E-state index in [9.17, 15) is 9.90 Å². The van der Waals surface area contributed by atoms with Gasteiger partial charge >= 0.3 is 0 Å². The maximum absolute atomic E-state index is 12.6. The summed E-state index contributed by atoms with van der Waals surface area (Å²) in [6, 6.07) is 0. The summed E-state index contributed by atoms with van der Waals surface area (Å²) in [5.41, 5.74) is 1.17. The molecule has 0 saturated carbocycles. The van der Waals surface area contributed by atoms with Gasteiger partial charge in [0.25, 0.3) is 5.91 Å². The molecule has 1 aliphatic heterocycles. The van der Waals surface area contributed by atoms with Crippen LogP contribution in [0.1, 0.15) is 42.7 Å². The van der Waals surface area contributed by atoms with Crippen molar-refractivity contribution in [2.24, 2.45) is 5.92 Å². The molecule has 1 aromatic heterocycles. The molecule has 0 radical (unpaired) electrons. The number of piperidine rings is 1. The third-order valence-electron chi connectivity index (χ3n) is 4.01. The molecule has 1 amide bonds. The fourth-order valence-electron chi connectivity index (χ4n) is 2.75. The third kappa shape index (κ3) is 2.83. The molecule has 1 aromatic rings. The molecule has 1 N–H and O–H groups in total. The van der Waals surface area contributed by atoms with E-state index >= 15 is 0 Å². The molecule has 20 heavy (non-hydrogen) atoms. The molecule has 1 saturated heterocycles. The highest BCUT2D eigenvalue weighted by Crippen LogP contribution is 2.25. The number of halogens is 1. The summed E-state index contributed by atoms with van der Waals surface area (Å²) in [4.78, 5) is 14.4. The van der Waals surface area contributed by atoms with Crippen LogP contribution in [0.25, 0.3) is 0 Å². The Morgan fingerprint density at radius 1 is 1.60 bits per heavy atom. The number of aromatic nitrogens is 2. The second-order valence-electron chi connectivity index (χ2n) is 5.46. The van der Waals surface area contributed by atoms with Gasteiger partial charge in [0.15, 0.2) is 0 Å². The van der Waals surface area contributed by atoms with E-state index in [1.807, 2.05) is 6.92 Å². The highest BCUT2D eigenvalue weighted by molar-refractivity contribution is 6.33.